The van der Waals surface area contributed by atoms with E-state index in [4.69, 9.17) is 4.74 Å². The van der Waals surface area contributed by atoms with E-state index < -0.39 is 5.97 Å². The molecule has 6 fully saturated rings. The maximum Gasteiger partial charge on any atom is 0.347 e. The molecule has 1 aromatic rings. The molecule has 4 bridgehead atoms. The minimum absolute atomic E-state index is 0.374. The highest BCUT2D eigenvalue weighted by atomic mass is 32.1. The van der Waals surface area contributed by atoms with Crippen LogP contribution in [0.5, 0.6) is 0 Å². The number of carbonyl (C=O) groups is 2. The first-order valence-electron chi connectivity index (χ1n) is 9.96. The first-order valence-corrected chi connectivity index (χ1v) is 10.9. The summed E-state index contributed by atoms with van der Waals surface area (Å²) >= 11 is 1.65. The van der Waals surface area contributed by atoms with Crippen LogP contribution in [0.1, 0.15) is 50.5 Å². The molecule has 0 spiro atoms. The Balaban J connectivity index is 1.57. The summed E-state index contributed by atoms with van der Waals surface area (Å²) < 4.78 is 5.21. The second kappa shape index (κ2) is 5.41. The highest BCUT2D eigenvalue weighted by Gasteiger charge is 2.50. The predicted molar refractivity (Wildman–Crippen MR) is 99.1 cm³/mol. The predicted octanol–water partition coefficient (Wildman–Crippen LogP) is 4.75. The fourth-order valence-electron chi connectivity index (χ4n) is 6.37. The number of esters is 2. The molecular formula is C22H22O3S. The molecule has 5 saturated carbocycles. The van der Waals surface area contributed by atoms with Crippen molar-refractivity contribution in [3.05, 3.63) is 39.1 Å². The van der Waals surface area contributed by atoms with Crippen molar-refractivity contribution in [1.29, 1.82) is 0 Å². The van der Waals surface area contributed by atoms with Gasteiger partial charge in [0.25, 0.3) is 0 Å². The van der Waals surface area contributed by atoms with Crippen molar-refractivity contribution in [1.82, 2.24) is 0 Å². The molecule has 0 unspecified atom stereocenters. The van der Waals surface area contributed by atoms with Crippen LogP contribution in [-0.2, 0) is 14.3 Å². The van der Waals surface area contributed by atoms with Gasteiger partial charge >= 0.3 is 11.9 Å². The van der Waals surface area contributed by atoms with Crippen LogP contribution in [0, 0.1) is 29.6 Å². The van der Waals surface area contributed by atoms with Gasteiger partial charge in [0.05, 0.1) is 11.1 Å². The van der Waals surface area contributed by atoms with E-state index in [1.807, 2.05) is 0 Å². The fraction of sp³-hybridized carbons (Fsp3) is 0.545. The van der Waals surface area contributed by atoms with Gasteiger partial charge in [-0.1, -0.05) is 0 Å². The monoisotopic (exact) mass is 366 g/mol. The van der Waals surface area contributed by atoms with Gasteiger partial charge in [0.2, 0.25) is 0 Å². The lowest BCUT2D eigenvalue weighted by atomic mass is 9.53. The highest BCUT2D eigenvalue weighted by molar-refractivity contribution is 7.08. The molecule has 0 radical (unpaired) electrons. The summed E-state index contributed by atoms with van der Waals surface area (Å²) in [6.45, 7) is 0. The molecule has 6 aliphatic rings. The van der Waals surface area contributed by atoms with Gasteiger partial charge in [-0.05, 0) is 108 Å². The van der Waals surface area contributed by atoms with Crippen molar-refractivity contribution < 1.29 is 14.3 Å². The quantitative estimate of drug-likeness (QED) is 0.431. The first kappa shape index (κ1) is 15.4. The number of hydrogen-bond donors (Lipinski definition) is 0. The Morgan fingerprint density at radius 3 is 2.23 bits per heavy atom. The van der Waals surface area contributed by atoms with Crippen molar-refractivity contribution >= 4 is 28.8 Å². The van der Waals surface area contributed by atoms with Gasteiger partial charge in [-0.2, -0.15) is 11.3 Å². The van der Waals surface area contributed by atoms with Crippen LogP contribution in [-0.4, -0.2) is 11.9 Å². The molecule has 134 valence electrons. The topological polar surface area (TPSA) is 43.4 Å². The number of thiophene rings is 1. The summed E-state index contributed by atoms with van der Waals surface area (Å²) in [6, 6.07) is 2.08. The maximum absolute atomic E-state index is 12.8. The number of carbonyl (C=O) groups excluding carboxylic acids is 2. The van der Waals surface area contributed by atoms with E-state index in [0.717, 1.165) is 35.8 Å². The van der Waals surface area contributed by atoms with E-state index in [1.165, 1.54) is 37.7 Å². The van der Waals surface area contributed by atoms with Gasteiger partial charge in [-0.15, -0.1) is 0 Å². The zero-order chi connectivity index (χ0) is 17.4. The molecule has 3 nitrogen and oxygen atoms in total. The lowest BCUT2D eigenvalue weighted by Gasteiger charge is -2.51. The molecule has 0 N–H and O–H groups in total. The molecule has 1 saturated heterocycles. The lowest BCUT2D eigenvalue weighted by molar-refractivity contribution is -0.149. The Bertz CT molecular complexity index is 839. The Labute approximate surface area is 157 Å². The summed E-state index contributed by atoms with van der Waals surface area (Å²) in [5.74, 6) is 2.30. The van der Waals surface area contributed by atoms with E-state index in [-0.39, 0.29) is 5.97 Å². The summed E-state index contributed by atoms with van der Waals surface area (Å²) in [5, 5.41) is 4.16. The minimum atomic E-state index is -0.403. The fourth-order valence-corrected chi connectivity index (χ4v) is 7.03. The Hall–Kier alpha value is -1.68. The van der Waals surface area contributed by atoms with Gasteiger partial charge in [-0.25, -0.2) is 9.59 Å². The molecular weight excluding hydrogens is 344 g/mol. The van der Waals surface area contributed by atoms with Crippen LogP contribution in [0.3, 0.4) is 0 Å². The van der Waals surface area contributed by atoms with E-state index in [2.05, 4.69) is 16.8 Å². The van der Waals surface area contributed by atoms with E-state index in [0.29, 0.717) is 28.9 Å². The average Bonchev–Trinajstić information content (AvgIpc) is 3.20. The third kappa shape index (κ3) is 2.17. The summed E-state index contributed by atoms with van der Waals surface area (Å²) in [6.07, 6.45) is 8.42. The number of allylic oxidation sites excluding steroid dienone is 2. The molecule has 0 aromatic carbocycles. The Morgan fingerprint density at radius 2 is 1.65 bits per heavy atom. The van der Waals surface area contributed by atoms with Crippen LogP contribution < -0.4 is 0 Å². The smallest absolute Gasteiger partial charge is 0.347 e. The third-order valence-corrected chi connectivity index (χ3v) is 7.92. The highest BCUT2D eigenvalue weighted by Crippen LogP contribution is 2.59. The Kier molecular flexibility index (Phi) is 3.20. The van der Waals surface area contributed by atoms with E-state index >= 15 is 0 Å². The molecule has 1 aromatic heterocycles. The van der Waals surface area contributed by atoms with Gasteiger partial charge < -0.3 is 4.74 Å². The van der Waals surface area contributed by atoms with Crippen molar-refractivity contribution in [3.63, 3.8) is 0 Å². The standard InChI is InChI=1S/C22H22O3S/c23-21-19(17(13-1-2-13)14-3-4-26-10-14)20(22(24)25-21)18-15-6-11-5-12(8-15)9-16(18)7-11/h3-4,10-13,15-16H,1-2,5-9H2. The van der Waals surface area contributed by atoms with Crippen molar-refractivity contribution in [3.8, 4) is 0 Å². The normalized spacial score (nSPS) is 37.5. The van der Waals surface area contributed by atoms with Crippen molar-refractivity contribution in [2.75, 3.05) is 0 Å². The number of rotatable bonds is 2. The number of cyclic esters (lactones) is 2. The molecule has 0 amide bonds. The molecule has 5 aliphatic carbocycles. The van der Waals surface area contributed by atoms with Gasteiger partial charge in [0.15, 0.2) is 0 Å². The molecule has 4 heteroatoms. The molecule has 26 heavy (non-hydrogen) atoms. The third-order valence-electron chi connectivity index (χ3n) is 7.24. The lowest BCUT2D eigenvalue weighted by Crippen LogP contribution is -2.41. The van der Waals surface area contributed by atoms with Crippen LogP contribution in [0.4, 0.5) is 0 Å². The van der Waals surface area contributed by atoms with Crippen LogP contribution in [0.2, 0.25) is 0 Å². The largest absolute Gasteiger partial charge is 0.386 e. The maximum atomic E-state index is 12.8. The van der Waals surface area contributed by atoms with Crippen LogP contribution in [0.25, 0.3) is 5.57 Å². The zero-order valence-electron chi connectivity index (χ0n) is 14.7. The van der Waals surface area contributed by atoms with Crippen LogP contribution in [0.15, 0.2) is 33.5 Å². The molecule has 7 rings (SSSR count). The van der Waals surface area contributed by atoms with Gasteiger partial charge in [0.1, 0.15) is 0 Å². The summed E-state index contributed by atoms with van der Waals surface area (Å²) in [7, 11) is 0. The van der Waals surface area contributed by atoms with Crippen molar-refractivity contribution in [2.24, 2.45) is 29.6 Å². The zero-order valence-corrected chi connectivity index (χ0v) is 15.5. The summed E-state index contributed by atoms with van der Waals surface area (Å²) in [4.78, 5) is 25.6. The Morgan fingerprint density at radius 1 is 0.962 bits per heavy atom. The molecule has 2 heterocycles. The molecule has 1 aliphatic heterocycles. The molecule has 0 atom stereocenters. The van der Waals surface area contributed by atoms with Crippen LogP contribution >= 0.6 is 11.3 Å². The minimum Gasteiger partial charge on any atom is -0.386 e. The van der Waals surface area contributed by atoms with Gasteiger partial charge in [0, 0.05) is 0 Å². The number of ether oxygens (including phenoxy) is 1. The second-order valence-corrected chi connectivity index (χ2v) is 9.67. The van der Waals surface area contributed by atoms with E-state index in [9.17, 15) is 9.59 Å². The average molecular weight is 366 g/mol. The van der Waals surface area contributed by atoms with E-state index in [1.54, 1.807) is 11.3 Å². The summed E-state index contributed by atoms with van der Waals surface area (Å²) in [5.41, 5.74) is 4.78. The number of hydrogen-bond acceptors (Lipinski definition) is 4. The van der Waals surface area contributed by atoms with Gasteiger partial charge in [-0.3, -0.25) is 0 Å². The first-order chi connectivity index (χ1) is 12.7. The second-order valence-electron chi connectivity index (χ2n) is 8.89. The van der Waals surface area contributed by atoms with Crippen molar-refractivity contribution in [2.45, 2.75) is 44.9 Å². The SMILES string of the molecule is O=C1OC(=O)C(=C2C3CC4CC(C3)CC2C4)C1=C(c1ccsc1)C1CC1.